The Labute approximate surface area is 182 Å². The Morgan fingerprint density at radius 2 is 1.77 bits per heavy atom. The number of nitrogens with zero attached hydrogens (tertiary/aromatic N) is 2. The van der Waals surface area contributed by atoms with Gasteiger partial charge in [0, 0.05) is 37.6 Å². The molecule has 0 saturated carbocycles. The molecule has 2 aromatic rings. The Bertz CT molecular complexity index is 807. The van der Waals surface area contributed by atoms with Gasteiger partial charge in [-0.05, 0) is 55.0 Å². The number of carbonyl (C=O) groups excluding carboxylic acids is 2. The van der Waals surface area contributed by atoms with Crippen molar-refractivity contribution in [2.24, 2.45) is 0 Å². The van der Waals surface area contributed by atoms with Gasteiger partial charge in [0.15, 0.2) is 0 Å². The highest BCUT2D eigenvalue weighted by molar-refractivity contribution is 7.10. The van der Waals surface area contributed by atoms with E-state index in [0.29, 0.717) is 45.7 Å². The van der Waals surface area contributed by atoms with Crippen molar-refractivity contribution >= 4 is 23.2 Å². The zero-order valence-electron chi connectivity index (χ0n) is 18.0. The van der Waals surface area contributed by atoms with Crippen LogP contribution < -0.4 is 0 Å². The standard InChI is InChI=1S/C23H31FN2O3S/c1-4-22(27)25(12-6-13-29-5-2)17-23(28)26(16-21-18(3)11-14-30-21)15-19-7-9-20(24)10-8-19/h7-11,14H,4-6,12-13,15-17H2,1-3H3. The minimum Gasteiger partial charge on any atom is -0.382 e. The van der Waals surface area contributed by atoms with Crippen LogP contribution in [0.5, 0.6) is 0 Å². The summed E-state index contributed by atoms with van der Waals surface area (Å²) < 4.78 is 18.6. The van der Waals surface area contributed by atoms with Crippen LogP contribution in [0.4, 0.5) is 4.39 Å². The first kappa shape index (κ1) is 24.0. The Morgan fingerprint density at radius 1 is 1.03 bits per heavy atom. The lowest BCUT2D eigenvalue weighted by atomic mass is 10.2. The molecule has 0 fully saturated rings. The molecule has 2 amide bonds. The second-order valence-corrected chi connectivity index (χ2v) is 8.12. The van der Waals surface area contributed by atoms with E-state index in [1.165, 1.54) is 12.1 Å². The van der Waals surface area contributed by atoms with Gasteiger partial charge in [-0.2, -0.15) is 0 Å². The van der Waals surface area contributed by atoms with Gasteiger partial charge in [-0.25, -0.2) is 4.39 Å². The smallest absolute Gasteiger partial charge is 0.242 e. The van der Waals surface area contributed by atoms with Crippen LogP contribution in [-0.2, 0) is 27.4 Å². The first-order valence-electron chi connectivity index (χ1n) is 10.3. The van der Waals surface area contributed by atoms with Crippen molar-refractivity contribution in [1.82, 2.24) is 9.80 Å². The van der Waals surface area contributed by atoms with Crippen molar-refractivity contribution in [2.45, 2.75) is 46.7 Å². The van der Waals surface area contributed by atoms with Gasteiger partial charge in [0.05, 0.1) is 13.1 Å². The molecule has 0 spiro atoms. The van der Waals surface area contributed by atoms with Crippen LogP contribution in [-0.4, -0.2) is 47.9 Å². The number of rotatable bonds is 12. The van der Waals surface area contributed by atoms with Crippen LogP contribution in [0.25, 0.3) is 0 Å². The van der Waals surface area contributed by atoms with Crippen LogP contribution in [0.15, 0.2) is 35.7 Å². The van der Waals surface area contributed by atoms with E-state index in [1.807, 2.05) is 25.3 Å². The number of ether oxygens (including phenoxy) is 1. The van der Waals surface area contributed by atoms with Crippen molar-refractivity contribution in [3.63, 3.8) is 0 Å². The zero-order chi connectivity index (χ0) is 21.9. The van der Waals surface area contributed by atoms with Crippen LogP contribution >= 0.6 is 11.3 Å². The van der Waals surface area contributed by atoms with Gasteiger partial charge in [-0.1, -0.05) is 19.1 Å². The van der Waals surface area contributed by atoms with Crippen LogP contribution in [0.2, 0.25) is 0 Å². The summed E-state index contributed by atoms with van der Waals surface area (Å²) in [5, 5.41) is 2.01. The fourth-order valence-corrected chi connectivity index (χ4v) is 3.98. The zero-order valence-corrected chi connectivity index (χ0v) is 18.8. The Kier molecular flexibility index (Phi) is 9.97. The Hall–Kier alpha value is -2.25. The summed E-state index contributed by atoms with van der Waals surface area (Å²) in [5.74, 6) is -0.473. The predicted molar refractivity (Wildman–Crippen MR) is 118 cm³/mol. The van der Waals surface area contributed by atoms with Gasteiger partial charge in [-0.15, -0.1) is 11.3 Å². The van der Waals surface area contributed by atoms with Crippen molar-refractivity contribution < 1.29 is 18.7 Å². The van der Waals surface area contributed by atoms with Gasteiger partial charge in [-0.3, -0.25) is 9.59 Å². The average Bonchev–Trinajstić information content (AvgIpc) is 3.15. The lowest BCUT2D eigenvalue weighted by Crippen LogP contribution is -2.42. The topological polar surface area (TPSA) is 49.9 Å². The summed E-state index contributed by atoms with van der Waals surface area (Å²) in [5.41, 5.74) is 1.98. The molecule has 5 nitrogen and oxygen atoms in total. The van der Waals surface area contributed by atoms with E-state index in [9.17, 15) is 14.0 Å². The molecular formula is C23H31FN2O3S. The highest BCUT2D eigenvalue weighted by Gasteiger charge is 2.21. The van der Waals surface area contributed by atoms with E-state index in [2.05, 4.69) is 0 Å². The van der Waals surface area contributed by atoms with E-state index in [4.69, 9.17) is 4.74 Å². The van der Waals surface area contributed by atoms with Crippen molar-refractivity contribution in [1.29, 1.82) is 0 Å². The number of halogens is 1. The molecule has 164 valence electrons. The quantitative estimate of drug-likeness (QED) is 0.466. The summed E-state index contributed by atoms with van der Waals surface area (Å²) >= 11 is 1.61. The highest BCUT2D eigenvalue weighted by Crippen LogP contribution is 2.20. The summed E-state index contributed by atoms with van der Waals surface area (Å²) in [6, 6.07) is 8.20. The molecule has 0 unspecified atom stereocenters. The monoisotopic (exact) mass is 434 g/mol. The molecule has 0 N–H and O–H groups in total. The van der Waals surface area contributed by atoms with Crippen LogP contribution in [0, 0.1) is 12.7 Å². The third kappa shape index (κ3) is 7.54. The molecule has 1 aromatic heterocycles. The number of hydrogen-bond acceptors (Lipinski definition) is 4. The van der Waals surface area contributed by atoms with Gasteiger partial charge >= 0.3 is 0 Å². The second-order valence-electron chi connectivity index (χ2n) is 7.12. The molecule has 0 radical (unpaired) electrons. The number of benzene rings is 1. The van der Waals surface area contributed by atoms with E-state index in [0.717, 1.165) is 16.0 Å². The molecule has 1 heterocycles. The number of thiophene rings is 1. The summed E-state index contributed by atoms with van der Waals surface area (Å²) in [4.78, 5) is 30.0. The summed E-state index contributed by atoms with van der Waals surface area (Å²) in [7, 11) is 0. The summed E-state index contributed by atoms with van der Waals surface area (Å²) in [6.45, 7) is 8.29. The molecule has 0 bridgehead atoms. The maximum absolute atomic E-state index is 13.3. The van der Waals surface area contributed by atoms with Crippen molar-refractivity contribution in [3.05, 3.63) is 57.5 Å². The Balaban J connectivity index is 2.13. The van der Waals surface area contributed by atoms with E-state index >= 15 is 0 Å². The fourth-order valence-electron chi connectivity index (χ4n) is 3.06. The molecule has 0 saturated heterocycles. The number of aryl methyl sites for hydroxylation is 1. The minimum atomic E-state index is -0.306. The summed E-state index contributed by atoms with van der Waals surface area (Å²) in [6.07, 6.45) is 1.04. The lowest BCUT2D eigenvalue weighted by Gasteiger charge is -2.28. The van der Waals surface area contributed by atoms with E-state index < -0.39 is 0 Å². The molecule has 30 heavy (non-hydrogen) atoms. The van der Waals surface area contributed by atoms with Gasteiger partial charge in [0.25, 0.3) is 0 Å². The molecule has 1 aromatic carbocycles. The first-order valence-corrected chi connectivity index (χ1v) is 11.2. The third-order valence-corrected chi connectivity index (χ3v) is 5.85. The van der Waals surface area contributed by atoms with Gasteiger partial charge in [0.2, 0.25) is 11.8 Å². The predicted octanol–water partition coefficient (Wildman–Crippen LogP) is 4.39. The third-order valence-electron chi connectivity index (χ3n) is 4.84. The fraction of sp³-hybridized carbons (Fsp3) is 0.478. The maximum Gasteiger partial charge on any atom is 0.242 e. The Morgan fingerprint density at radius 3 is 2.37 bits per heavy atom. The SMILES string of the molecule is CCOCCCN(CC(=O)N(Cc1ccc(F)cc1)Cc1sccc1C)C(=O)CC. The number of carbonyl (C=O) groups is 2. The first-order chi connectivity index (χ1) is 14.4. The van der Waals surface area contributed by atoms with Crippen molar-refractivity contribution in [2.75, 3.05) is 26.3 Å². The van der Waals surface area contributed by atoms with E-state index in [-0.39, 0.29) is 24.2 Å². The normalized spacial score (nSPS) is 10.8. The van der Waals surface area contributed by atoms with Gasteiger partial charge < -0.3 is 14.5 Å². The molecule has 2 rings (SSSR count). The second kappa shape index (κ2) is 12.4. The maximum atomic E-state index is 13.3. The molecule has 7 heteroatoms. The van der Waals surface area contributed by atoms with E-state index in [1.54, 1.807) is 40.2 Å². The number of hydrogen-bond donors (Lipinski definition) is 0. The van der Waals surface area contributed by atoms with Gasteiger partial charge in [0.1, 0.15) is 5.82 Å². The minimum absolute atomic E-state index is 0.0322. The molecule has 0 aliphatic carbocycles. The molecular weight excluding hydrogens is 403 g/mol. The average molecular weight is 435 g/mol. The van der Waals surface area contributed by atoms with Crippen LogP contribution in [0.1, 0.15) is 42.7 Å². The lowest BCUT2D eigenvalue weighted by molar-refractivity contribution is -0.141. The molecule has 0 atom stereocenters. The van der Waals surface area contributed by atoms with Crippen LogP contribution in [0.3, 0.4) is 0 Å². The largest absolute Gasteiger partial charge is 0.382 e. The molecule has 0 aliphatic heterocycles. The van der Waals surface area contributed by atoms with Crippen molar-refractivity contribution in [3.8, 4) is 0 Å². The highest BCUT2D eigenvalue weighted by atomic mass is 32.1. The molecule has 0 aliphatic rings. The number of amides is 2.